The van der Waals surface area contributed by atoms with Crippen LogP contribution in [0.15, 0.2) is 24.3 Å². The van der Waals surface area contributed by atoms with Crippen LogP contribution in [0.5, 0.6) is 0 Å². The molecule has 1 aromatic carbocycles. The van der Waals surface area contributed by atoms with Crippen molar-refractivity contribution >= 4 is 0 Å². The van der Waals surface area contributed by atoms with E-state index in [0.29, 0.717) is 0 Å². The van der Waals surface area contributed by atoms with Crippen molar-refractivity contribution in [3.8, 4) is 0 Å². The fraction of sp³-hybridized carbons (Fsp3) is 0.647. The molecule has 1 atom stereocenters. The Hall–Kier alpha value is -0.860. The molecule has 0 heterocycles. The second kappa shape index (κ2) is 7.06. The van der Waals surface area contributed by atoms with E-state index in [0.717, 1.165) is 31.0 Å². The zero-order valence-corrected chi connectivity index (χ0v) is 12.3. The highest BCUT2D eigenvalue weighted by molar-refractivity contribution is 5.22. The molecule has 1 N–H and O–H groups in total. The second-order valence-corrected chi connectivity index (χ2v) is 5.91. The second-order valence-electron chi connectivity index (χ2n) is 5.91. The standard InChI is InChI=1S/C17H27NO/c1-3-18(13-15-5-4-6-15)12-11-17(19)16-9-7-14(2)8-10-16/h7-10,15,17,19H,3-6,11-13H2,1-2H3. The van der Waals surface area contributed by atoms with Crippen LogP contribution in [0.4, 0.5) is 0 Å². The molecule has 0 saturated heterocycles. The molecule has 0 amide bonds. The van der Waals surface area contributed by atoms with Gasteiger partial charge in [-0.1, -0.05) is 43.2 Å². The topological polar surface area (TPSA) is 23.5 Å². The third-order valence-electron chi connectivity index (χ3n) is 4.37. The number of benzene rings is 1. The van der Waals surface area contributed by atoms with Gasteiger partial charge in [0.25, 0.3) is 0 Å². The Labute approximate surface area is 117 Å². The Balaban J connectivity index is 1.77. The maximum atomic E-state index is 10.2. The SMILES string of the molecule is CCN(CCC(O)c1ccc(C)cc1)CC1CCC1. The van der Waals surface area contributed by atoms with Crippen LogP contribution in [-0.4, -0.2) is 29.6 Å². The van der Waals surface area contributed by atoms with Gasteiger partial charge >= 0.3 is 0 Å². The Bertz CT molecular complexity index is 369. The minimum absolute atomic E-state index is 0.323. The van der Waals surface area contributed by atoms with Crippen molar-refractivity contribution < 1.29 is 5.11 Å². The monoisotopic (exact) mass is 261 g/mol. The predicted molar refractivity (Wildman–Crippen MR) is 80.2 cm³/mol. The fourth-order valence-corrected chi connectivity index (χ4v) is 2.68. The van der Waals surface area contributed by atoms with Gasteiger partial charge in [-0.05, 0) is 44.2 Å². The normalized spacial score (nSPS) is 17.5. The van der Waals surface area contributed by atoms with Gasteiger partial charge in [0.15, 0.2) is 0 Å². The molecular formula is C17H27NO. The van der Waals surface area contributed by atoms with Crippen molar-refractivity contribution in [1.29, 1.82) is 0 Å². The number of hydrogen-bond donors (Lipinski definition) is 1. The molecule has 0 radical (unpaired) electrons. The summed E-state index contributed by atoms with van der Waals surface area (Å²) >= 11 is 0. The van der Waals surface area contributed by atoms with Gasteiger partial charge in [-0.15, -0.1) is 0 Å². The average Bonchev–Trinajstić information content (AvgIpc) is 2.37. The molecule has 1 aromatic rings. The fourth-order valence-electron chi connectivity index (χ4n) is 2.68. The Morgan fingerprint density at radius 1 is 1.26 bits per heavy atom. The third kappa shape index (κ3) is 4.32. The lowest BCUT2D eigenvalue weighted by atomic mass is 9.85. The van der Waals surface area contributed by atoms with Gasteiger partial charge in [-0.2, -0.15) is 0 Å². The summed E-state index contributed by atoms with van der Waals surface area (Å²) in [7, 11) is 0. The van der Waals surface area contributed by atoms with Crippen molar-refractivity contribution in [3.05, 3.63) is 35.4 Å². The van der Waals surface area contributed by atoms with Crippen molar-refractivity contribution in [2.75, 3.05) is 19.6 Å². The van der Waals surface area contributed by atoms with Crippen molar-refractivity contribution in [1.82, 2.24) is 4.90 Å². The van der Waals surface area contributed by atoms with E-state index in [2.05, 4.69) is 30.9 Å². The van der Waals surface area contributed by atoms with E-state index in [4.69, 9.17) is 0 Å². The highest BCUT2D eigenvalue weighted by atomic mass is 16.3. The summed E-state index contributed by atoms with van der Waals surface area (Å²) in [5.74, 6) is 0.913. The van der Waals surface area contributed by atoms with Gasteiger partial charge in [0.1, 0.15) is 0 Å². The zero-order valence-electron chi connectivity index (χ0n) is 12.3. The van der Waals surface area contributed by atoms with E-state index in [9.17, 15) is 5.11 Å². The summed E-state index contributed by atoms with van der Waals surface area (Å²) < 4.78 is 0. The third-order valence-corrected chi connectivity index (χ3v) is 4.37. The van der Waals surface area contributed by atoms with Crippen LogP contribution >= 0.6 is 0 Å². The van der Waals surface area contributed by atoms with Crippen LogP contribution in [-0.2, 0) is 0 Å². The first-order chi connectivity index (χ1) is 9.19. The summed E-state index contributed by atoms with van der Waals surface area (Å²) in [6.07, 6.45) is 4.72. The molecule has 2 rings (SSSR count). The highest BCUT2D eigenvalue weighted by Crippen LogP contribution is 2.27. The largest absolute Gasteiger partial charge is 0.388 e. The molecule has 1 fully saturated rings. The Kier molecular flexibility index (Phi) is 5.41. The highest BCUT2D eigenvalue weighted by Gasteiger charge is 2.20. The number of aliphatic hydroxyl groups is 1. The van der Waals surface area contributed by atoms with E-state index >= 15 is 0 Å². The molecular weight excluding hydrogens is 234 g/mol. The first-order valence-electron chi connectivity index (χ1n) is 7.66. The lowest BCUT2D eigenvalue weighted by molar-refractivity contribution is 0.126. The van der Waals surface area contributed by atoms with Crippen LogP contribution in [0, 0.1) is 12.8 Å². The summed E-state index contributed by atoms with van der Waals surface area (Å²) in [5, 5.41) is 10.2. The quantitative estimate of drug-likeness (QED) is 0.811. The van der Waals surface area contributed by atoms with Crippen molar-refractivity contribution in [2.45, 2.75) is 45.6 Å². The van der Waals surface area contributed by atoms with E-state index < -0.39 is 0 Å². The van der Waals surface area contributed by atoms with Crippen molar-refractivity contribution in [2.24, 2.45) is 5.92 Å². The van der Waals surface area contributed by atoms with Gasteiger partial charge in [0.05, 0.1) is 6.10 Å². The van der Waals surface area contributed by atoms with E-state index in [1.807, 2.05) is 12.1 Å². The Morgan fingerprint density at radius 3 is 2.47 bits per heavy atom. The van der Waals surface area contributed by atoms with E-state index in [1.54, 1.807) is 0 Å². The van der Waals surface area contributed by atoms with Gasteiger partial charge in [0, 0.05) is 13.1 Å². The first-order valence-corrected chi connectivity index (χ1v) is 7.66. The molecule has 1 saturated carbocycles. The number of nitrogens with zero attached hydrogens (tertiary/aromatic N) is 1. The smallest absolute Gasteiger partial charge is 0.0802 e. The molecule has 2 heteroatoms. The van der Waals surface area contributed by atoms with Crippen LogP contribution in [0.2, 0.25) is 0 Å². The van der Waals surface area contributed by atoms with Gasteiger partial charge < -0.3 is 10.0 Å². The lowest BCUT2D eigenvalue weighted by Crippen LogP contribution is -2.33. The summed E-state index contributed by atoms with van der Waals surface area (Å²) in [6, 6.07) is 8.24. The van der Waals surface area contributed by atoms with Crippen molar-refractivity contribution in [3.63, 3.8) is 0 Å². The van der Waals surface area contributed by atoms with Crippen LogP contribution in [0.25, 0.3) is 0 Å². The summed E-state index contributed by atoms with van der Waals surface area (Å²) in [6.45, 7) is 7.61. The molecule has 0 aromatic heterocycles. The van der Waals surface area contributed by atoms with E-state index in [1.165, 1.54) is 31.4 Å². The van der Waals surface area contributed by atoms with Crippen LogP contribution in [0.3, 0.4) is 0 Å². The van der Waals surface area contributed by atoms with Crippen LogP contribution in [0.1, 0.15) is 49.8 Å². The van der Waals surface area contributed by atoms with Crippen LogP contribution < -0.4 is 0 Å². The molecule has 1 aliphatic rings. The molecule has 106 valence electrons. The number of hydrogen-bond acceptors (Lipinski definition) is 2. The van der Waals surface area contributed by atoms with E-state index in [-0.39, 0.29) is 6.10 Å². The maximum absolute atomic E-state index is 10.2. The predicted octanol–water partition coefficient (Wildman–Crippen LogP) is 3.54. The number of rotatable bonds is 7. The maximum Gasteiger partial charge on any atom is 0.0802 e. The molecule has 19 heavy (non-hydrogen) atoms. The molecule has 1 unspecified atom stereocenters. The number of aryl methyl sites for hydroxylation is 1. The minimum Gasteiger partial charge on any atom is -0.388 e. The van der Waals surface area contributed by atoms with Gasteiger partial charge in [-0.3, -0.25) is 0 Å². The molecule has 0 spiro atoms. The molecule has 2 nitrogen and oxygen atoms in total. The van der Waals surface area contributed by atoms with Gasteiger partial charge in [0.2, 0.25) is 0 Å². The molecule has 1 aliphatic carbocycles. The minimum atomic E-state index is -0.323. The first kappa shape index (κ1) is 14.5. The zero-order chi connectivity index (χ0) is 13.7. The number of aliphatic hydroxyl groups excluding tert-OH is 1. The van der Waals surface area contributed by atoms with Gasteiger partial charge in [-0.25, -0.2) is 0 Å². The molecule has 0 bridgehead atoms. The average molecular weight is 261 g/mol. The summed E-state index contributed by atoms with van der Waals surface area (Å²) in [5.41, 5.74) is 2.29. The Morgan fingerprint density at radius 2 is 1.95 bits per heavy atom. The molecule has 0 aliphatic heterocycles. The summed E-state index contributed by atoms with van der Waals surface area (Å²) in [4.78, 5) is 2.49. The lowest BCUT2D eigenvalue weighted by Gasteiger charge is -2.32.